The Morgan fingerprint density at radius 2 is 1.63 bits per heavy atom. The number of amides is 2. The van der Waals surface area contributed by atoms with Crippen LogP contribution in [0.1, 0.15) is 63.1 Å². The molecule has 0 saturated carbocycles. The fourth-order valence-corrected chi connectivity index (χ4v) is 3.34. The topological polar surface area (TPSA) is 58.6 Å². The molecule has 1 unspecified atom stereocenters. The summed E-state index contributed by atoms with van der Waals surface area (Å²) in [6, 6.07) is 16.6. The van der Waals surface area contributed by atoms with Crippen LogP contribution in [0, 0.1) is 0 Å². The summed E-state index contributed by atoms with van der Waals surface area (Å²) >= 11 is 0. The van der Waals surface area contributed by atoms with Crippen LogP contribution in [0.5, 0.6) is 5.75 Å². The van der Waals surface area contributed by atoms with Gasteiger partial charge in [0.2, 0.25) is 11.8 Å². The highest BCUT2D eigenvalue weighted by Crippen LogP contribution is 2.25. The van der Waals surface area contributed by atoms with Crippen LogP contribution in [-0.2, 0) is 16.1 Å². The van der Waals surface area contributed by atoms with Gasteiger partial charge in [-0.2, -0.15) is 0 Å². The first-order valence-electron chi connectivity index (χ1n) is 10.9. The number of ether oxygens (including phenoxy) is 1. The molecule has 0 aliphatic rings. The van der Waals surface area contributed by atoms with E-state index < -0.39 is 6.04 Å². The first-order chi connectivity index (χ1) is 14.6. The number of nitrogens with one attached hydrogen (secondary N) is 1. The van der Waals surface area contributed by atoms with Crippen LogP contribution in [-0.4, -0.2) is 30.4 Å². The molecule has 0 aliphatic heterocycles. The third kappa shape index (κ3) is 6.90. The maximum Gasteiger partial charge on any atom is 0.247 e. The lowest BCUT2D eigenvalue weighted by atomic mass is 10.0. The lowest BCUT2D eigenvalue weighted by Crippen LogP contribution is -2.44. The SMILES string of the molecule is CCCCC(=O)N(CCCC)C(C(=O)NCc1ccccc1)c1ccc(OC)cc1. The van der Waals surface area contributed by atoms with E-state index in [0.29, 0.717) is 19.5 Å². The normalized spacial score (nSPS) is 11.6. The summed E-state index contributed by atoms with van der Waals surface area (Å²) < 4.78 is 5.26. The standard InChI is InChI=1S/C25H34N2O3/c1-4-6-13-23(28)27(18-7-5-2)24(21-14-16-22(30-3)17-15-21)25(29)26-19-20-11-9-8-10-12-20/h8-12,14-17,24H,4-7,13,18-19H2,1-3H3,(H,26,29). The van der Waals surface area contributed by atoms with Crippen molar-refractivity contribution in [3.05, 3.63) is 65.7 Å². The van der Waals surface area contributed by atoms with Crippen LogP contribution in [0.15, 0.2) is 54.6 Å². The summed E-state index contributed by atoms with van der Waals surface area (Å²) in [4.78, 5) is 28.1. The fourth-order valence-electron chi connectivity index (χ4n) is 3.34. The van der Waals surface area contributed by atoms with Crippen molar-refractivity contribution in [1.29, 1.82) is 0 Å². The van der Waals surface area contributed by atoms with E-state index in [1.807, 2.05) is 54.6 Å². The highest BCUT2D eigenvalue weighted by atomic mass is 16.5. The van der Waals surface area contributed by atoms with Crippen LogP contribution in [0.4, 0.5) is 0 Å². The molecule has 2 rings (SSSR count). The van der Waals surface area contributed by atoms with E-state index in [1.54, 1.807) is 12.0 Å². The van der Waals surface area contributed by atoms with Crippen LogP contribution >= 0.6 is 0 Å². The van der Waals surface area contributed by atoms with E-state index in [0.717, 1.165) is 42.6 Å². The average Bonchev–Trinajstić information content (AvgIpc) is 2.79. The molecule has 0 bridgehead atoms. The fraction of sp³-hybridized carbons (Fsp3) is 0.440. The van der Waals surface area contributed by atoms with Gasteiger partial charge in [-0.15, -0.1) is 0 Å². The molecular weight excluding hydrogens is 376 g/mol. The van der Waals surface area contributed by atoms with Gasteiger partial charge < -0.3 is 15.0 Å². The highest BCUT2D eigenvalue weighted by molar-refractivity contribution is 5.88. The van der Waals surface area contributed by atoms with Gasteiger partial charge in [0, 0.05) is 19.5 Å². The molecule has 0 aromatic heterocycles. The van der Waals surface area contributed by atoms with Gasteiger partial charge in [-0.1, -0.05) is 69.2 Å². The molecular formula is C25H34N2O3. The lowest BCUT2D eigenvalue weighted by molar-refractivity contribution is -0.141. The van der Waals surface area contributed by atoms with Crippen LogP contribution < -0.4 is 10.1 Å². The average molecular weight is 411 g/mol. The molecule has 0 saturated heterocycles. The molecule has 2 aromatic carbocycles. The molecule has 5 heteroatoms. The van der Waals surface area contributed by atoms with Crippen molar-refractivity contribution in [3.63, 3.8) is 0 Å². The van der Waals surface area contributed by atoms with E-state index in [1.165, 1.54) is 0 Å². The number of unbranched alkanes of at least 4 members (excludes halogenated alkanes) is 2. The Balaban J connectivity index is 2.30. The van der Waals surface area contributed by atoms with Gasteiger partial charge in [-0.05, 0) is 36.1 Å². The van der Waals surface area contributed by atoms with Crippen molar-refractivity contribution in [1.82, 2.24) is 10.2 Å². The van der Waals surface area contributed by atoms with Crippen molar-refractivity contribution in [3.8, 4) is 5.75 Å². The number of carbonyl (C=O) groups is 2. The van der Waals surface area contributed by atoms with Crippen LogP contribution in [0.3, 0.4) is 0 Å². The minimum absolute atomic E-state index is 0.0287. The number of nitrogens with zero attached hydrogens (tertiary/aromatic N) is 1. The van der Waals surface area contributed by atoms with Gasteiger partial charge in [0.25, 0.3) is 0 Å². The first-order valence-corrected chi connectivity index (χ1v) is 10.9. The Morgan fingerprint density at radius 1 is 0.967 bits per heavy atom. The molecule has 2 aromatic rings. The van der Waals surface area contributed by atoms with E-state index >= 15 is 0 Å². The zero-order valence-corrected chi connectivity index (χ0v) is 18.4. The van der Waals surface area contributed by atoms with Crippen molar-refractivity contribution in [2.24, 2.45) is 0 Å². The summed E-state index contributed by atoms with van der Waals surface area (Å²) in [5.74, 6) is 0.588. The number of carbonyl (C=O) groups excluding carboxylic acids is 2. The summed E-state index contributed by atoms with van der Waals surface area (Å²) in [7, 11) is 1.61. The van der Waals surface area contributed by atoms with Gasteiger partial charge in [0.15, 0.2) is 0 Å². The molecule has 5 nitrogen and oxygen atoms in total. The third-order valence-electron chi connectivity index (χ3n) is 5.12. The monoisotopic (exact) mass is 410 g/mol. The number of hydrogen-bond acceptors (Lipinski definition) is 3. The second kappa shape index (κ2) is 12.7. The zero-order valence-electron chi connectivity index (χ0n) is 18.4. The van der Waals surface area contributed by atoms with Gasteiger partial charge in [0.05, 0.1) is 7.11 Å². The van der Waals surface area contributed by atoms with Gasteiger partial charge >= 0.3 is 0 Å². The van der Waals surface area contributed by atoms with Gasteiger partial charge in [0.1, 0.15) is 11.8 Å². The van der Waals surface area contributed by atoms with Gasteiger partial charge in [-0.3, -0.25) is 9.59 Å². The Morgan fingerprint density at radius 3 is 2.23 bits per heavy atom. The van der Waals surface area contributed by atoms with E-state index in [9.17, 15) is 9.59 Å². The quantitative estimate of drug-likeness (QED) is 0.543. The molecule has 1 atom stereocenters. The molecule has 0 aliphatic carbocycles. The first kappa shape index (κ1) is 23.5. The van der Waals surface area contributed by atoms with Crippen molar-refractivity contribution >= 4 is 11.8 Å². The van der Waals surface area contributed by atoms with Crippen LogP contribution in [0.25, 0.3) is 0 Å². The number of rotatable bonds is 12. The molecule has 30 heavy (non-hydrogen) atoms. The van der Waals surface area contributed by atoms with Crippen molar-refractivity contribution in [2.45, 2.75) is 58.5 Å². The van der Waals surface area contributed by atoms with E-state index in [4.69, 9.17) is 4.74 Å². The highest BCUT2D eigenvalue weighted by Gasteiger charge is 2.30. The molecule has 162 valence electrons. The van der Waals surface area contributed by atoms with Crippen molar-refractivity contribution < 1.29 is 14.3 Å². The Hall–Kier alpha value is -2.82. The second-order valence-electron chi connectivity index (χ2n) is 7.42. The summed E-state index contributed by atoms with van der Waals surface area (Å²) in [6.45, 7) is 5.15. The zero-order chi connectivity index (χ0) is 21.8. The third-order valence-corrected chi connectivity index (χ3v) is 5.12. The van der Waals surface area contributed by atoms with Gasteiger partial charge in [-0.25, -0.2) is 0 Å². The number of benzene rings is 2. The lowest BCUT2D eigenvalue weighted by Gasteiger charge is -2.31. The Kier molecular flexibility index (Phi) is 9.92. The maximum absolute atomic E-state index is 13.3. The molecule has 0 fully saturated rings. The van der Waals surface area contributed by atoms with Crippen molar-refractivity contribution in [2.75, 3.05) is 13.7 Å². The summed E-state index contributed by atoms with van der Waals surface area (Å²) in [6.07, 6.45) is 4.04. The number of hydrogen-bond donors (Lipinski definition) is 1. The largest absolute Gasteiger partial charge is 0.497 e. The number of methoxy groups -OCH3 is 1. The minimum atomic E-state index is -0.657. The Labute approximate surface area is 180 Å². The molecule has 0 heterocycles. The van der Waals surface area contributed by atoms with Crippen LogP contribution in [0.2, 0.25) is 0 Å². The predicted octanol–water partition coefficient (Wildman–Crippen LogP) is 4.87. The summed E-state index contributed by atoms with van der Waals surface area (Å²) in [5.41, 5.74) is 1.82. The smallest absolute Gasteiger partial charge is 0.247 e. The second-order valence-corrected chi connectivity index (χ2v) is 7.42. The maximum atomic E-state index is 13.3. The minimum Gasteiger partial charge on any atom is -0.497 e. The molecule has 0 spiro atoms. The van der Waals surface area contributed by atoms with E-state index in [-0.39, 0.29) is 11.8 Å². The van der Waals surface area contributed by atoms with E-state index in [2.05, 4.69) is 19.2 Å². The molecule has 2 amide bonds. The Bertz CT molecular complexity index is 775. The molecule has 1 N–H and O–H groups in total. The predicted molar refractivity (Wildman–Crippen MR) is 120 cm³/mol. The molecule has 0 radical (unpaired) electrons. The summed E-state index contributed by atoms with van der Waals surface area (Å²) in [5, 5.41) is 3.03.